The summed E-state index contributed by atoms with van der Waals surface area (Å²) >= 11 is 0. The molecule has 0 fully saturated rings. The fourth-order valence-electron chi connectivity index (χ4n) is 1.60. The van der Waals surface area contributed by atoms with E-state index in [0.717, 1.165) is 5.56 Å². The molecule has 0 aliphatic carbocycles. The molecule has 0 unspecified atom stereocenters. The molecule has 2 rings (SSSR count). The fraction of sp³-hybridized carbons (Fsp3) is 0.250. The van der Waals surface area contributed by atoms with Gasteiger partial charge in [0.1, 0.15) is 11.6 Å². The standard InChI is InChI=1S/C12H14N4O/c1-8-11(16(2)3)14-10(15-12(8)17)9-4-6-13-7-5-9/h4-7H,1-3H3,(H,14,15,17). The average molecular weight is 230 g/mol. The van der Waals surface area contributed by atoms with Crippen molar-refractivity contribution >= 4 is 5.82 Å². The van der Waals surface area contributed by atoms with Crippen molar-refractivity contribution in [3.8, 4) is 11.4 Å². The lowest BCUT2D eigenvalue weighted by atomic mass is 10.2. The third kappa shape index (κ3) is 2.18. The maximum Gasteiger partial charge on any atom is 0.256 e. The molecule has 17 heavy (non-hydrogen) atoms. The quantitative estimate of drug-likeness (QED) is 0.842. The first kappa shape index (κ1) is 11.3. The minimum Gasteiger partial charge on any atom is -0.362 e. The zero-order valence-corrected chi connectivity index (χ0v) is 10.1. The number of rotatable bonds is 2. The minimum absolute atomic E-state index is 0.115. The largest absolute Gasteiger partial charge is 0.362 e. The van der Waals surface area contributed by atoms with E-state index in [1.54, 1.807) is 19.3 Å². The van der Waals surface area contributed by atoms with Crippen molar-refractivity contribution in [3.63, 3.8) is 0 Å². The van der Waals surface area contributed by atoms with Crippen molar-refractivity contribution in [3.05, 3.63) is 40.4 Å². The minimum atomic E-state index is -0.115. The lowest BCUT2D eigenvalue weighted by Crippen LogP contribution is -2.21. The summed E-state index contributed by atoms with van der Waals surface area (Å²) in [4.78, 5) is 24.8. The van der Waals surface area contributed by atoms with Crippen LogP contribution in [0.25, 0.3) is 11.4 Å². The Bertz CT molecular complexity index is 575. The molecule has 0 spiro atoms. The molecule has 0 aromatic carbocycles. The normalized spacial score (nSPS) is 10.3. The summed E-state index contributed by atoms with van der Waals surface area (Å²) in [6.45, 7) is 1.76. The van der Waals surface area contributed by atoms with Crippen LogP contribution in [0, 0.1) is 6.92 Å². The maximum atomic E-state index is 11.8. The van der Waals surface area contributed by atoms with Gasteiger partial charge in [-0.15, -0.1) is 0 Å². The zero-order valence-electron chi connectivity index (χ0n) is 10.1. The van der Waals surface area contributed by atoms with Gasteiger partial charge in [0, 0.05) is 32.1 Å². The van der Waals surface area contributed by atoms with Gasteiger partial charge in [-0.25, -0.2) is 4.98 Å². The molecule has 0 atom stereocenters. The van der Waals surface area contributed by atoms with Gasteiger partial charge in [0.15, 0.2) is 0 Å². The lowest BCUT2D eigenvalue weighted by molar-refractivity contribution is 0.998. The zero-order chi connectivity index (χ0) is 12.4. The van der Waals surface area contributed by atoms with Gasteiger partial charge in [0.05, 0.1) is 5.56 Å². The molecule has 0 amide bonds. The van der Waals surface area contributed by atoms with E-state index in [-0.39, 0.29) is 5.56 Å². The van der Waals surface area contributed by atoms with Crippen LogP contribution in [0.15, 0.2) is 29.3 Å². The van der Waals surface area contributed by atoms with Gasteiger partial charge in [-0.1, -0.05) is 0 Å². The predicted octanol–water partition coefficient (Wildman–Crippen LogP) is 1.21. The van der Waals surface area contributed by atoms with Crippen molar-refractivity contribution in [2.75, 3.05) is 19.0 Å². The van der Waals surface area contributed by atoms with E-state index in [9.17, 15) is 4.79 Å². The number of H-pyrrole nitrogens is 1. The Balaban J connectivity index is 2.62. The van der Waals surface area contributed by atoms with Gasteiger partial charge in [-0.3, -0.25) is 9.78 Å². The van der Waals surface area contributed by atoms with Gasteiger partial charge in [-0.05, 0) is 19.1 Å². The van der Waals surface area contributed by atoms with Gasteiger partial charge in [-0.2, -0.15) is 0 Å². The SMILES string of the molecule is Cc1c(N(C)C)nc(-c2ccncc2)[nH]c1=O. The van der Waals surface area contributed by atoms with Crippen molar-refractivity contribution < 1.29 is 0 Å². The molecule has 88 valence electrons. The van der Waals surface area contributed by atoms with Crippen molar-refractivity contribution in [1.29, 1.82) is 0 Å². The molecule has 0 bridgehead atoms. The van der Waals surface area contributed by atoms with E-state index in [2.05, 4.69) is 15.0 Å². The maximum absolute atomic E-state index is 11.8. The van der Waals surface area contributed by atoms with Crippen LogP contribution in [-0.4, -0.2) is 29.0 Å². The van der Waals surface area contributed by atoms with Crippen LogP contribution in [0.4, 0.5) is 5.82 Å². The number of hydrogen-bond acceptors (Lipinski definition) is 4. The Kier molecular flexibility index (Phi) is 2.91. The lowest BCUT2D eigenvalue weighted by Gasteiger charge is -2.14. The molecule has 0 aliphatic rings. The number of hydrogen-bond donors (Lipinski definition) is 1. The third-order valence-electron chi connectivity index (χ3n) is 2.50. The summed E-state index contributed by atoms with van der Waals surface area (Å²) in [5.74, 6) is 1.24. The van der Waals surface area contributed by atoms with Gasteiger partial charge >= 0.3 is 0 Å². The molecule has 0 aliphatic heterocycles. The number of anilines is 1. The number of aromatic nitrogens is 3. The number of aromatic amines is 1. The number of pyridine rings is 1. The van der Waals surface area contributed by atoms with E-state index in [0.29, 0.717) is 17.2 Å². The smallest absolute Gasteiger partial charge is 0.256 e. The van der Waals surface area contributed by atoms with E-state index in [1.165, 1.54) is 0 Å². The van der Waals surface area contributed by atoms with Crippen molar-refractivity contribution in [1.82, 2.24) is 15.0 Å². The summed E-state index contributed by atoms with van der Waals surface area (Å²) in [7, 11) is 3.73. The monoisotopic (exact) mass is 230 g/mol. The molecule has 0 saturated carbocycles. The van der Waals surface area contributed by atoms with E-state index >= 15 is 0 Å². The first-order valence-corrected chi connectivity index (χ1v) is 5.28. The van der Waals surface area contributed by atoms with Gasteiger partial charge in [0.25, 0.3) is 5.56 Å². The van der Waals surface area contributed by atoms with Crippen LogP contribution in [0.3, 0.4) is 0 Å². The van der Waals surface area contributed by atoms with E-state index in [1.807, 2.05) is 31.1 Å². The Hall–Kier alpha value is -2.17. The van der Waals surface area contributed by atoms with Crippen LogP contribution < -0.4 is 10.5 Å². The van der Waals surface area contributed by atoms with Crippen molar-refractivity contribution in [2.24, 2.45) is 0 Å². The fourth-order valence-corrected chi connectivity index (χ4v) is 1.60. The first-order chi connectivity index (χ1) is 8.09. The highest BCUT2D eigenvalue weighted by Crippen LogP contribution is 2.16. The Labute approximate surface area is 99.2 Å². The number of nitrogens with one attached hydrogen (secondary N) is 1. The second-order valence-corrected chi connectivity index (χ2v) is 3.99. The van der Waals surface area contributed by atoms with E-state index in [4.69, 9.17) is 0 Å². The molecule has 1 N–H and O–H groups in total. The third-order valence-corrected chi connectivity index (χ3v) is 2.50. The second-order valence-electron chi connectivity index (χ2n) is 3.99. The molecule has 0 saturated heterocycles. The Morgan fingerprint density at radius 3 is 2.47 bits per heavy atom. The molecule has 5 nitrogen and oxygen atoms in total. The van der Waals surface area contributed by atoms with Crippen molar-refractivity contribution in [2.45, 2.75) is 6.92 Å². The number of nitrogens with zero attached hydrogens (tertiary/aromatic N) is 3. The van der Waals surface area contributed by atoms with Crippen LogP contribution in [0.1, 0.15) is 5.56 Å². The summed E-state index contributed by atoms with van der Waals surface area (Å²) in [6, 6.07) is 3.63. The second kappa shape index (κ2) is 4.37. The molecule has 2 aromatic heterocycles. The molecule has 5 heteroatoms. The predicted molar refractivity (Wildman–Crippen MR) is 67.2 cm³/mol. The van der Waals surface area contributed by atoms with Crippen LogP contribution in [-0.2, 0) is 0 Å². The average Bonchev–Trinajstić information content (AvgIpc) is 2.33. The highest BCUT2D eigenvalue weighted by atomic mass is 16.1. The summed E-state index contributed by atoms with van der Waals surface area (Å²) < 4.78 is 0. The summed E-state index contributed by atoms with van der Waals surface area (Å²) in [5, 5.41) is 0. The highest BCUT2D eigenvalue weighted by molar-refractivity contribution is 5.57. The Morgan fingerprint density at radius 2 is 1.88 bits per heavy atom. The molecular weight excluding hydrogens is 216 g/mol. The van der Waals surface area contributed by atoms with Gasteiger partial charge in [0.2, 0.25) is 0 Å². The summed E-state index contributed by atoms with van der Waals surface area (Å²) in [5.41, 5.74) is 1.35. The van der Waals surface area contributed by atoms with Gasteiger partial charge < -0.3 is 9.88 Å². The summed E-state index contributed by atoms with van der Waals surface area (Å²) in [6.07, 6.45) is 3.34. The molecule has 2 aromatic rings. The van der Waals surface area contributed by atoms with Crippen LogP contribution in [0.2, 0.25) is 0 Å². The topological polar surface area (TPSA) is 61.9 Å². The highest BCUT2D eigenvalue weighted by Gasteiger charge is 2.10. The molecule has 0 radical (unpaired) electrons. The van der Waals surface area contributed by atoms with E-state index < -0.39 is 0 Å². The molecular formula is C12H14N4O. The Morgan fingerprint density at radius 1 is 1.24 bits per heavy atom. The molecule has 2 heterocycles. The van der Waals surface area contributed by atoms with Crippen LogP contribution in [0.5, 0.6) is 0 Å². The van der Waals surface area contributed by atoms with Crippen LogP contribution >= 0.6 is 0 Å². The first-order valence-electron chi connectivity index (χ1n) is 5.28.